The van der Waals surface area contributed by atoms with Crippen LogP contribution in [0, 0.1) is 22.7 Å². The molecule has 4 aromatic carbocycles. The second-order valence-electron chi connectivity index (χ2n) is 13.3. The van der Waals surface area contributed by atoms with Crippen molar-refractivity contribution in [3.05, 3.63) is 192 Å². The van der Waals surface area contributed by atoms with Crippen LogP contribution in [-0.4, -0.2) is 19.9 Å². The fourth-order valence-corrected chi connectivity index (χ4v) is 8.28. The molecule has 4 aromatic heterocycles. The normalized spacial score (nSPS) is 12.6. The van der Waals surface area contributed by atoms with Gasteiger partial charge in [-0.05, 0) is 105 Å². The van der Waals surface area contributed by atoms with Crippen molar-refractivity contribution in [1.29, 1.82) is 10.5 Å². The quantitative estimate of drug-likeness (QED) is 0.184. The van der Waals surface area contributed by atoms with Crippen LogP contribution in [0.5, 0.6) is 0 Å². The number of aromatic nitrogens is 4. The summed E-state index contributed by atoms with van der Waals surface area (Å²) < 4.78 is 0. The number of nitrogens with zero attached hydrogens (tertiary/aromatic N) is 6. The highest BCUT2D eigenvalue weighted by atomic mass is 14.7. The highest BCUT2D eigenvalue weighted by Gasteiger charge is 2.51. The van der Waals surface area contributed by atoms with Crippen molar-refractivity contribution in [2.45, 2.75) is 5.41 Å². The zero-order valence-electron chi connectivity index (χ0n) is 28.2. The van der Waals surface area contributed by atoms with Crippen molar-refractivity contribution in [2.75, 3.05) is 0 Å². The Morgan fingerprint density at radius 3 is 1.21 bits per heavy atom. The summed E-state index contributed by atoms with van der Waals surface area (Å²) in [6.45, 7) is 0. The molecule has 53 heavy (non-hydrogen) atoms. The molecule has 6 nitrogen and oxygen atoms in total. The van der Waals surface area contributed by atoms with Crippen LogP contribution in [0.3, 0.4) is 0 Å². The van der Waals surface area contributed by atoms with Gasteiger partial charge in [0.25, 0.3) is 0 Å². The van der Waals surface area contributed by atoms with Crippen molar-refractivity contribution >= 4 is 0 Å². The van der Waals surface area contributed by atoms with E-state index in [1.807, 2.05) is 48.5 Å². The predicted octanol–water partition coefficient (Wildman–Crippen LogP) is 10.0. The van der Waals surface area contributed by atoms with E-state index in [4.69, 9.17) is 9.97 Å². The molecule has 10 rings (SSSR count). The third-order valence-electron chi connectivity index (χ3n) is 10.5. The molecule has 1 spiro atoms. The summed E-state index contributed by atoms with van der Waals surface area (Å²) in [6, 6.07) is 54.6. The highest BCUT2D eigenvalue weighted by Crippen LogP contribution is 2.63. The second-order valence-corrected chi connectivity index (χ2v) is 13.3. The molecule has 0 saturated heterocycles. The van der Waals surface area contributed by atoms with Crippen LogP contribution in [-0.2, 0) is 5.41 Å². The molecule has 0 aliphatic heterocycles. The van der Waals surface area contributed by atoms with E-state index in [0.717, 1.165) is 56.2 Å². The van der Waals surface area contributed by atoms with Gasteiger partial charge in [-0.1, -0.05) is 84.9 Å². The van der Waals surface area contributed by atoms with Gasteiger partial charge in [-0.3, -0.25) is 0 Å². The van der Waals surface area contributed by atoms with E-state index in [9.17, 15) is 10.5 Å². The third kappa shape index (κ3) is 4.57. The molecule has 4 heterocycles. The SMILES string of the molecule is N#Cc1cc(-c2cccc(-c3ccc4c(c3)-c3cc(-c5cccc(-c6ccnc(C#N)c6)n5)ccc3C43c4ccccc4-c4ccccc43)n2)ccn1. The van der Waals surface area contributed by atoms with E-state index in [-0.39, 0.29) is 0 Å². The molecule has 244 valence electrons. The first-order valence-corrected chi connectivity index (χ1v) is 17.3. The monoisotopic (exact) mass is 674 g/mol. The van der Waals surface area contributed by atoms with Crippen LogP contribution in [0.15, 0.2) is 158 Å². The van der Waals surface area contributed by atoms with Gasteiger partial charge < -0.3 is 0 Å². The Balaban J connectivity index is 1.18. The van der Waals surface area contributed by atoms with Crippen LogP contribution >= 0.6 is 0 Å². The van der Waals surface area contributed by atoms with Gasteiger partial charge in [0.15, 0.2) is 0 Å². The number of pyridine rings is 4. The van der Waals surface area contributed by atoms with Crippen LogP contribution in [0.25, 0.3) is 67.3 Å². The molecule has 0 amide bonds. The van der Waals surface area contributed by atoms with Crippen molar-refractivity contribution in [3.8, 4) is 79.4 Å². The summed E-state index contributed by atoms with van der Waals surface area (Å²) in [4.78, 5) is 18.4. The second kappa shape index (κ2) is 11.8. The predicted molar refractivity (Wildman–Crippen MR) is 205 cm³/mol. The summed E-state index contributed by atoms with van der Waals surface area (Å²) in [5.74, 6) is 0. The Morgan fingerprint density at radius 1 is 0.377 bits per heavy atom. The molecule has 8 aromatic rings. The van der Waals surface area contributed by atoms with Crippen molar-refractivity contribution in [3.63, 3.8) is 0 Å². The maximum absolute atomic E-state index is 9.45. The number of benzene rings is 4. The Morgan fingerprint density at radius 2 is 0.774 bits per heavy atom. The highest BCUT2D eigenvalue weighted by molar-refractivity contribution is 5.97. The van der Waals surface area contributed by atoms with E-state index in [1.165, 1.54) is 33.4 Å². The van der Waals surface area contributed by atoms with Gasteiger partial charge in [-0.15, -0.1) is 0 Å². The summed E-state index contributed by atoms with van der Waals surface area (Å²) in [7, 11) is 0. The average Bonchev–Trinajstić information content (AvgIpc) is 3.70. The average molecular weight is 675 g/mol. The minimum Gasteiger partial charge on any atom is -0.248 e. The first kappa shape index (κ1) is 30.3. The maximum atomic E-state index is 9.45. The van der Waals surface area contributed by atoms with E-state index in [2.05, 4.69) is 107 Å². The van der Waals surface area contributed by atoms with Crippen LogP contribution in [0.4, 0.5) is 0 Å². The molecule has 2 aliphatic carbocycles. The number of nitriles is 2. The summed E-state index contributed by atoms with van der Waals surface area (Å²) in [5, 5.41) is 18.9. The summed E-state index contributed by atoms with van der Waals surface area (Å²) in [5.41, 5.74) is 17.0. The largest absolute Gasteiger partial charge is 0.248 e. The van der Waals surface area contributed by atoms with Gasteiger partial charge in [-0.25, -0.2) is 19.9 Å². The number of fused-ring (bicyclic) bond motifs is 10. The molecule has 0 N–H and O–H groups in total. The Hall–Kier alpha value is -7.54. The lowest BCUT2D eigenvalue weighted by Gasteiger charge is -2.30. The minimum absolute atomic E-state index is 0.356. The fraction of sp³-hybridized carbons (Fsp3) is 0.0213. The van der Waals surface area contributed by atoms with E-state index in [1.54, 1.807) is 24.5 Å². The first-order valence-electron chi connectivity index (χ1n) is 17.3. The molecule has 6 heteroatoms. The summed E-state index contributed by atoms with van der Waals surface area (Å²) >= 11 is 0. The number of rotatable bonds is 4. The molecule has 0 saturated carbocycles. The third-order valence-corrected chi connectivity index (χ3v) is 10.5. The fourth-order valence-electron chi connectivity index (χ4n) is 8.28. The zero-order chi connectivity index (χ0) is 35.5. The molecular weight excluding hydrogens is 649 g/mol. The Bertz CT molecular complexity index is 2700. The first-order chi connectivity index (χ1) is 26.1. The van der Waals surface area contributed by atoms with Crippen LogP contribution in [0.1, 0.15) is 33.6 Å². The molecule has 2 aliphatic rings. The lowest BCUT2D eigenvalue weighted by atomic mass is 9.70. The standard InChI is InChI=1S/C47H26N6/c48-27-33-23-31(19-21-50-33)45-13-5-11-43(52-45)29-15-17-41-37(25-29)38-26-30(44-12-6-14-46(53-44)32-20-22-51-34(24-32)28-49)16-18-42(38)47(41)39-9-3-1-7-35(39)36-8-2-4-10-40(36)47/h1-26H. The summed E-state index contributed by atoms with van der Waals surface area (Å²) in [6.07, 6.45) is 3.29. The smallest absolute Gasteiger partial charge is 0.141 e. The zero-order valence-corrected chi connectivity index (χ0v) is 28.2. The minimum atomic E-state index is -0.491. The molecular formula is C47H26N6. The Labute approximate surface area is 306 Å². The maximum Gasteiger partial charge on any atom is 0.141 e. The van der Waals surface area contributed by atoms with E-state index in [0.29, 0.717) is 11.4 Å². The van der Waals surface area contributed by atoms with Gasteiger partial charge in [-0.2, -0.15) is 10.5 Å². The number of hydrogen-bond acceptors (Lipinski definition) is 6. The molecule has 0 unspecified atom stereocenters. The van der Waals surface area contributed by atoms with Crippen molar-refractivity contribution < 1.29 is 0 Å². The van der Waals surface area contributed by atoms with Gasteiger partial charge in [0.2, 0.25) is 0 Å². The van der Waals surface area contributed by atoms with E-state index >= 15 is 0 Å². The van der Waals surface area contributed by atoms with Gasteiger partial charge in [0.1, 0.15) is 23.5 Å². The molecule has 0 bridgehead atoms. The van der Waals surface area contributed by atoms with Crippen LogP contribution < -0.4 is 0 Å². The van der Waals surface area contributed by atoms with Crippen LogP contribution in [0.2, 0.25) is 0 Å². The number of hydrogen-bond donors (Lipinski definition) is 0. The Kier molecular flexibility index (Phi) is 6.73. The lowest BCUT2D eigenvalue weighted by molar-refractivity contribution is 0.794. The van der Waals surface area contributed by atoms with Crippen molar-refractivity contribution in [2.24, 2.45) is 0 Å². The van der Waals surface area contributed by atoms with Gasteiger partial charge in [0.05, 0.1) is 28.2 Å². The topological polar surface area (TPSA) is 99.1 Å². The lowest BCUT2D eigenvalue weighted by Crippen LogP contribution is -2.25. The molecule has 0 fully saturated rings. The van der Waals surface area contributed by atoms with Gasteiger partial charge in [0, 0.05) is 34.6 Å². The molecule has 0 radical (unpaired) electrons. The van der Waals surface area contributed by atoms with Gasteiger partial charge >= 0.3 is 0 Å². The van der Waals surface area contributed by atoms with E-state index < -0.39 is 5.41 Å². The van der Waals surface area contributed by atoms with Crippen molar-refractivity contribution in [1.82, 2.24) is 19.9 Å². The molecule has 0 atom stereocenters.